The van der Waals surface area contributed by atoms with Crippen molar-refractivity contribution in [3.63, 3.8) is 0 Å². The molecule has 1 aromatic carbocycles. The number of hydrogen-bond donors (Lipinski definition) is 5. The number of phenolic OH excluding ortho intramolecular Hbond substituents is 1. The Morgan fingerprint density at radius 1 is 1.17 bits per heavy atom. The Kier molecular flexibility index (Phi) is 7.31. The van der Waals surface area contributed by atoms with Gasteiger partial charge in [-0.15, -0.1) is 12.4 Å². The zero-order valence-corrected chi connectivity index (χ0v) is 15.1. The van der Waals surface area contributed by atoms with Crippen molar-refractivity contribution in [3.05, 3.63) is 23.3 Å². The zero-order chi connectivity index (χ0) is 17.2. The van der Waals surface area contributed by atoms with Gasteiger partial charge in [-0.3, -0.25) is 0 Å². The van der Waals surface area contributed by atoms with Crippen molar-refractivity contribution in [1.29, 1.82) is 0 Å². The number of benzene rings is 1. The molecule has 0 radical (unpaired) electrons. The van der Waals surface area contributed by atoms with Crippen LogP contribution in [0.1, 0.15) is 31.9 Å². The summed E-state index contributed by atoms with van der Waals surface area (Å²) in [5, 5.41) is 42.7. The molecule has 1 aliphatic rings. The molecule has 0 fully saturated rings. The Balaban J connectivity index is 0.00000288. The van der Waals surface area contributed by atoms with Gasteiger partial charge in [0.05, 0.1) is 12.2 Å². The maximum atomic E-state index is 10.0. The van der Waals surface area contributed by atoms with Gasteiger partial charge in [0, 0.05) is 36.1 Å². The summed E-state index contributed by atoms with van der Waals surface area (Å²) in [6, 6.07) is 3.14. The molecular weight excluding hydrogens is 334 g/mol. The highest BCUT2D eigenvalue weighted by Crippen LogP contribution is 2.35. The average molecular weight is 362 g/mol. The Morgan fingerprint density at radius 2 is 1.75 bits per heavy atom. The molecule has 7 heteroatoms. The quantitative estimate of drug-likeness (QED) is 0.531. The van der Waals surface area contributed by atoms with E-state index in [1.807, 2.05) is 20.8 Å². The number of aliphatic hydroxyl groups is 3. The number of halogens is 1. The van der Waals surface area contributed by atoms with Crippen LogP contribution in [0.5, 0.6) is 11.5 Å². The maximum absolute atomic E-state index is 10.0. The summed E-state index contributed by atoms with van der Waals surface area (Å²) < 4.78 is 5.68. The van der Waals surface area contributed by atoms with Crippen LogP contribution in [0.2, 0.25) is 0 Å². The van der Waals surface area contributed by atoms with Gasteiger partial charge in [0.1, 0.15) is 24.2 Å². The molecule has 6 nitrogen and oxygen atoms in total. The minimum Gasteiger partial charge on any atom is -0.508 e. The summed E-state index contributed by atoms with van der Waals surface area (Å²) in [5.41, 5.74) is 1.21. The van der Waals surface area contributed by atoms with E-state index < -0.39 is 18.3 Å². The number of hydrogen-bond acceptors (Lipinski definition) is 6. The highest BCUT2D eigenvalue weighted by molar-refractivity contribution is 5.85. The van der Waals surface area contributed by atoms with Crippen LogP contribution >= 0.6 is 12.4 Å². The van der Waals surface area contributed by atoms with Crippen LogP contribution in [0.3, 0.4) is 0 Å². The van der Waals surface area contributed by atoms with E-state index >= 15 is 0 Å². The number of rotatable bonds is 5. The summed E-state index contributed by atoms with van der Waals surface area (Å²) in [6.07, 6.45) is -2.02. The first-order valence-electron chi connectivity index (χ1n) is 7.93. The van der Waals surface area contributed by atoms with Crippen LogP contribution in [0.4, 0.5) is 0 Å². The smallest absolute Gasteiger partial charge is 0.123 e. The maximum Gasteiger partial charge on any atom is 0.123 e. The molecule has 5 N–H and O–H groups in total. The van der Waals surface area contributed by atoms with Gasteiger partial charge in [-0.25, -0.2) is 0 Å². The lowest BCUT2D eigenvalue weighted by atomic mass is 9.86. The number of β-amino-alcohol motifs (C(OH)–C–C–N with tert-alkyl or cyclic N) is 1. The number of phenols is 1. The van der Waals surface area contributed by atoms with E-state index in [-0.39, 0.29) is 43.1 Å². The van der Waals surface area contributed by atoms with Crippen molar-refractivity contribution in [2.45, 2.75) is 57.5 Å². The highest BCUT2D eigenvalue weighted by atomic mass is 35.5. The molecule has 3 atom stereocenters. The van der Waals surface area contributed by atoms with Crippen molar-refractivity contribution in [2.24, 2.45) is 0 Å². The van der Waals surface area contributed by atoms with Gasteiger partial charge >= 0.3 is 0 Å². The third kappa shape index (κ3) is 5.50. The molecule has 0 spiro atoms. The average Bonchev–Trinajstić information content (AvgIpc) is 2.46. The minimum absolute atomic E-state index is 0. The Labute approximate surface area is 148 Å². The van der Waals surface area contributed by atoms with Crippen LogP contribution in [-0.4, -0.2) is 57.4 Å². The van der Waals surface area contributed by atoms with Crippen molar-refractivity contribution in [3.8, 4) is 11.5 Å². The zero-order valence-electron chi connectivity index (χ0n) is 14.3. The van der Waals surface area contributed by atoms with E-state index in [0.29, 0.717) is 23.4 Å². The number of nitrogens with one attached hydrogen (secondary N) is 1. The van der Waals surface area contributed by atoms with Gasteiger partial charge in [0.25, 0.3) is 0 Å². The predicted molar refractivity (Wildman–Crippen MR) is 94.0 cm³/mol. The molecule has 1 aromatic rings. The Hall–Kier alpha value is -1.05. The van der Waals surface area contributed by atoms with E-state index in [4.69, 9.17) is 4.74 Å². The van der Waals surface area contributed by atoms with Crippen LogP contribution in [0.15, 0.2) is 12.1 Å². The second-order valence-electron chi connectivity index (χ2n) is 7.18. The molecule has 1 aliphatic carbocycles. The van der Waals surface area contributed by atoms with Crippen LogP contribution in [0.25, 0.3) is 0 Å². The SMILES string of the molecule is CC(C)(C)NCC(O)COc1ccc(O)c2c1CC(O)C(O)C2.Cl. The molecule has 2 rings (SSSR count). The van der Waals surface area contributed by atoms with E-state index in [1.54, 1.807) is 6.07 Å². The number of aliphatic hydroxyl groups excluding tert-OH is 3. The fourth-order valence-corrected chi connectivity index (χ4v) is 2.61. The highest BCUT2D eigenvalue weighted by Gasteiger charge is 2.29. The van der Waals surface area contributed by atoms with Crippen molar-refractivity contribution in [1.82, 2.24) is 5.32 Å². The third-order valence-corrected chi connectivity index (χ3v) is 3.93. The van der Waals surface area contributed by atoms with Gasteiger partial charge in [0.15, 0.2) is 0 Å². The summed E-state index contributed by atoms with van der Waals surface area (Å²) in [5.74, 6) is 0.617. The number of aromatic hydroxyl groups is 1. The van der Waals surface area contributed by atoms with Gasteiger partial charge in [-0.2, -0.15) is 0 Å². The molecule has 0 heterocycles. The molecule has 0 amide bonds. The lowest BCUT2D eigenvalue weighted by Gasteiger charge is -2.28. The molecule has 3 unspecified atom stereocenters. The van der Waals surface area contributed by atoms with Crippen LogP contribution < -0.4 is 10.1 Å². The standard InChI is InChI=1S/C17H27NO5.ClH/c1-17(2,3)18-8-10(19)9-23-16-5-4-13(20)11-6-14(21)15(22)7-12(11)16;/h4-5,10,14-15,18-22H,6-9H2,1-3H3;1H. The van der Waals surface area contributed by atoms with Crippen molar-refractivity contribution in [2.75, 3.05) is 13.2 Å². The van der Waals surface area contributed by atoms with Crippen LogP contribution in [-0.2, 0) is 12.8 Å². The van der Waals surface area contributed by atoms with Gasteiger partial charge < -0.3 is 30.5 Å². The molecule has 0 aliphatic heterocycles. The van der Waals surface area contributed by atoms with Crippen molar-refractivity contribution >= 4 is 12.4 Å². The lowest BCUT2D eigenvalue weighted by Crippen LogP contribution is -2.42. The summed E-state index contributed by atoms with van der Waals surface area (Å²) in [6.45, 7) is 6.57. The largest absolute Gasteiger partial charge is 0.508 e. The Bertz CT molecular complexity index is 547. The second-order valence-corrected chi connectivity index (χ2v) is 7.18. The van der Waals surface area contributed by atoms with Crippen LogP contribution in [0, 0.1) is 0 Å². The molecular formula is C17H28ClNO5. The van der Waals surface area contributed by atoms with E-state index in [0.717, 1.165) is 0 Å². The third-order valence-electron chi connectivity index (χ3n) is 3.93. The first-order chi connectivity index (χ1) is 10.7. The summed E-state index contributed by atoms with van der Waals surface area (Å²) in [4.78, 5) is 0. The second kappa shape index (κ2) is 8.36. The van der Waals surface area contributed by atoms with E-state index in [9.17, 15) is 20.4 Å². The first kappa shape index (κ1) is 21.0. The molecule has 0 saturated carbocycles. The first-order valence-corrected chi connectivity index (χ1v) is 7.93. The molecule has 0 saturated heterocycles. The minimum atomic E-state index is -0.884. The summed E-state index contributed by atoms with van der Waals surface area (Å²) >= 11 is 0. The molecule has 0 bridgehead atoms. The van der Waals surface area contributed by atoms with Gasteiger partial charge in [-0.05, 0) is 32.9 Å². The van der Waals surface area contributed by atoms with Gasteiger partial charge in [-0.1, -0.05) is 0 Å². The predicted octanol–water partition coefficient (Wildman–Crippen LogP) is 0.762. The lowest BCUT2D eigenvalue weighted by molar-refractivity contribution is 0.0127. The summed E-state index contributed by atoms with van der Waals surface area (Å²) in [7, 11) is 0. The topological polar surface area (TPSA) is 102 Å². The van der Waals surface area contributed by atoms with E-state index in [1.165, 1.54) is 6.07 Å². The fraction of sp³-hybridized carbons (Fsp3) is 0.647. The number of ether oxygens (including phenoxy) is 1. The van der Waals surface area contributed by atoms with Gasteiger partial charge in [0.2, 0.25) is 0 Å². The monoisotopic (exact) mass is 361 g/mol. The Morgan fingerprint density at radius 3 is 2.33 bits per heavy atom. The van der Waals surface area contributed by atoms with Crippen molar-refractivity contribution < 1.29 is 25.2 Å². The number of fused-ring (bicyclic) bond motifs is 1. The fourth-order valence-electron chi connectivity index (χ4n) is 2.61. The molecule has 138 valence electrons. The molecule has 0 aromatic heterocycles. The normalized spacial score (nSPS) is 21.6. The van der Waals surface area contributed by atoms with E-state index in [2.05, 4.69) is 5.32 Å². The molecule has 24 heavy (non-hydrogen) atoms.